The van der Waals surface area contributed by atoms with Crippen LogP contribution in [0.3, 0.4) is 0 Å². The summed E-state index contributed by atoms with van der Waals surface area (Å²) in [6, 6.07) is 3.60. The maximum absolute atomic E-state index is 5.72. The van der Waals surface area contributed by atoms with E-state index < -0.39 is 0 Å². The second-order valence-corrected chi connectivity index (χ2v) is 6.88. The maximum atomic E-state index is 5.72. The number of benzene rings is 1. The maximum Gasteiger partial charge on any atom is 0.288 e. The van der Waals surface area contributed by atoms with Crippen LogP contribution in [0.5, 0.6) is 17.2 Å². The van der Waals surface area contributed by atoms with Gasteiger partial charge in [-0.15, -0.1) is 5.10 Å². The van der Waals surface area contributed by atoms with E-state index >= 15 is 0 Å². The summed E-state index contributed by atoms with van der Waals surface area (Å²) in [7, 11) is 4.72. The number of methoxy groups -OCH3 is 3. The molecule has 7 nitrogen and oxygen atoms in total. The Morgan fingerprint density at radius 1 is 1.12 bits per heavy atom. The molecule has 0 unspecified atom stereocenters. The summed E-state index contributed by atoms with van der Waals surface area (Å²) < 4.78 is 23.6. The van der Waals surface area contributed by atoms with Crippen molar-refractivity contribution in [3.05, 3.63) is 17.0 Å². The highest BCUT2D eigenvalue weighted by molar-refractivity contribution is 7.71. The van der Waals surface area contributed by atoms with Crippen LogP contribution in [0.15, 0.2) is 16.5 Å². The number of rotatable bonds is 6. The molecule has 1 aromatic carbocycles. The molecule has 0 bridgehead atoms. The zero-order valence-corrected chi connectivity index (χ0v) is 16.5. The minimum Gasteiger partial charge on any atom is -0.493 e. The minimum atomic E-state index is 0.354. The normalized spacial score (nSPS) is 15.8. The van der Waals surface area contributed by atoms with Gasteiger partial charge in [-0.1, -0.05) is 6.92 Å². The minimum absolute atomic E-state index is 0.354. The molecular formula is C18H25N3O4S. The third-order valence-corrected chi connectivity index (χ3v) is 5.02. The fourth-order valence-corrected chi connectivity index (χ4v) is 3.29. The van der Waals surface area contributed by atoms with Crippen molar-refractivity contribution in [1.29, 1.82) is 0 Å². The van der Waals surface area contributed by atoms with Crippen LogP contribution >= 0.6 is 12.2 Å². The van der Waals surface area contributed by atoms with Crippen molar-refractivity contribution in [2.45, 2.75) is 26.4 Å². The molecule has 2 heterocycles. The van der Waals surface area contributed by atoms with Crippen LogP contribution in [0.4, 0.5) is 0 Å². The molecule has 0 atom stereocenters. The molecule has 1 saturated heterocycles. The second kappa shape index (κ2) is 8.09. The molecule has 0 spiro atoms. The van der Waals surface area contributed by atoms with Crippen molar-refractivity contribution in [1.82, 2.24) is 14.7 Å². The molecule has 1 aliphatic rings. The summed E-state index contributed by atoms with van der Waals surface area (Å²) in [6.07, 6.45) is 2.40. The Balaban J connectivity index is 1.87. The molecule has 1 aromatic heterocycles. The SMILES string of the molecule is COc1cc(-c2nn(CN3CCC(C)CC3)c(=S)o2)cc(OC)c1OC. The quantitative estimate of drug-likeness (QED) is 0.711. The van der Waals surface area contributed by atoms with E-state index in [-0.39, 0.29) is 0 Å². The topological polar surface area (TPSA) is 61.9 Å². The summed E-state index contributed by atoms with van der Waals surface area (Å²) in [5, 5.41) is 4.55. The zero-order valence-electron chi connectivity index (χ0n) is 15.7. The van der Waals surface area contributed by atoms with Crippen LogP contribution < -0.4 is 14.2 Å². The van der Waals surface area contributed by atoms with E-state index in [0.717, 1.165) is 24.6 Å². The molecule has 1 aliphatic heterocycles. The molecule has 1 fully saturated rings. The van der Waals surface area contributed by atoms with Crippen LogP contribution in [0, 0.1) is 10.8 Å². The highest BCUT2D eigenvalue weighted by Crippen LogP contribution is 2.40. The Morgan fingerprint density at radius 3 is 2.27 bits per heavy atom. The third kappa shape index (κ3) is 3.86. The first-order valence-corrected chi connectivity index (χ1v) is 9.07. The summed E-state index contributed by atoms with van der Waals surface area (Å²) in [6.45, 7) is 5.03. The lowest BCUT2D eigenvalue weighted by atomic mass is 10.00. The van der Waals surface area contributed by atoms with Gasteiger partial charge in [0.2, 0.25) is 11.6 Å². The smallest absolute Gasteiger partial charge is 0.288 e. The molecule has 8 heteroatoms. The summed E-state index contributed by atoms with van der Waals surface area (Å²) in [5.41, 5.74) is 0.719. The van der Waals surface area contributed by atoms with E-state index in [0.29, 0.717) is 34.6 Å². The first-order valence-electron chi connectivity index (χ1n) is 8.66. The lowest BCUT2D eigenvalue weighted by molar-refractivity contribution is 0.144. The summed E-state index contributed by atoms with van der Waals surface area (Å²) >= 11 is 5.36. The molecule has 0 radical (unpaired) electrons. The Bertz CT molecular complexity index is 784. The van der Waals surface area contributed by atoms with Crippen LogP contribution in [-0.4, -0.2) is 49.1 Å². The Kier molecular flexibility index (Phi) is 5.83. The van der Waals surface area contributed by atoms with Crippen molar-refractivity contribution < 1.29 is 18.6 Å². The Hall–Kier alpha value is -2.06. The van der Waals surface area contributed by atoms with Gasteiger partial charge in [0, 0.05) is 18.7 Å². The van der Waals surface area contributed by atoms with Crippen molar-refractivity contribution in [3.8, 4) is 28.7 Å². The number of aromatic nitrogens is 2. The van der Waals surface area contributed by atoms with Gasteiger partial charge in [-0.05, 0) is 43.1 Å². The van der Waals surface area contributed by atoms with E-state index in [1.807, 2.05) is 0 Å². The van der Waals surface area contributed by atoms with Gasteiger partial charge in [0.15, 0.2) is 11.5 Å². The van der Waals surface area contributed by atoms with Crippen molar-refractivity contribution in [3.63, 3.8) is 0 Å². The lowest BCUT2D eigenvalue weighted by Gasteiger charge is -2.29. The van der Waals surface area contributed by atoms with Gasteiger partial charge >= 0.3 is 0 Å². The van der Waals surface area contributed by atoms with Gasteiger partial charge in [-0.2, -0.15) is 0 Å². The molecular weight excluding hydrogens is 354 g/mol. The van der Waals surface area contributed by atoms with E-state index in [9.17, 15) is 0 Å². The largest absolute Gasteiger partial charge is 0.493 e. The number of ether oxygens (including phenoxy) is 3. The van der Waals surface area contributed by atoms with Crippen LogP contribution in [0.1, 0.15) is 19.8 Å². The predicted octanol–water partition coefficient (Wildman–Crippen LogP) is 3.59. The van der Waals surface area contributed by atoms with Crippen LogP contribution in [0.25, 0.3) is 11.5 Å². The number of hydrogen-bond donors (Lipinski definition) is 0. The van der Waals surface area contributed by atoms with Gasteiger partial charge in [0.1, 0.15) is 0 Å². The van der Waals surface area contributed by atoms with Gasteiger partial charge in [0.25, 0.3) is 4.84 Å². The third-order valence-electron chi connectivity index (χ3n) is 4.73. The van der Waals surface area contributed by atoms with Gasteiger partial charge < -0.3 is 18.6 Å². The Morgan fingerprint density at radius 2 is 1.73 bits per heavy atom. The highest BCUT2D eigenvalue weighted by Gasteiger charge is 2.20. The van der Waals surface area contributed by atoms with E-state index in [1.54, 1.807) is 38.1 Å². The van der Waals surface area contributed by atoms with Crippen molar-refractivity contribution in [2.75, 3.05) is 34.4 Å². The van der Waals surface area contributed by atoms with Crippen molar-refractivity contribution >= 4 is 12.2 Å². The molecule has 0 N–H and O–H groups in total. The fourth-order valence-electron chi connectivity index (χ4n) is 3.11. The first-order chi connectivity index (χ1) is 12.5. The average Bonchev–Trinajstić information content (AvgIpc) is 3.02. The lowest BCUT2D eigenvalue weighted by Crippen LogP contribution is -2.34. The molecule has 0 amide bonds. The van der Waals surface area contributed by atoms with Crippen molar-refractivity contribution in [2.24, 2.45) is 5.92 Å². The summed E-state index contributed by atoms with van der Waals surface area (Å²) in [4.78, 5) is 2.70. The molecule has 26 heavy (non-hydrogen) atoms. The van der Waals surface area contributed by atoms with Gasteiger partial charge in [-0.25, -0.2) is 4.68 Å². The Labute approximate surface area is 158 Å². The number of likely N-dealkylation sites (tertiary alicyclic amines) is 1. The van der Waals surface area contributed by atoms with Crippen LogP contribution in [-0.2, 0) is 6.67 Å². The van der Waals surface area contributed by atoms with Crippen LogP contribution in [0.2, 0.25) is 0 Å². The molecule has 2 aromatic rings. The zero-order chi connectivity index (χ0) is 18.7. The summed E-state index contributed by atoms with van der Waals surface area (Å²) in [5.74, 6) is 2.83. The monoisotopic (exact) mass is 379 g/mol. The predicted molar refractivity (Wildman–Crippen MR) is 100 cm³/mol. The number of piperidine rings is 1. The average molecular weight is 379 g/mol. The molecule has 0 saturated carbocycles. The van der Waals surface area contributed by atoms with E-state index in [2.05, 4.69) is 16.9 Å². The fraction of sp³-hybridized carbons (Fsp3) is 0.556. The van der Waals surface area contributed by atoms with Gasteiger partial charge in [0.05, 0.1) is 28.0 Å². The van der Waals surface area contributed by atoms with E-state index in [1.165, 1.54) is 12.8 Å². The molecule has 0 aliphatic carbocycles. The first kappa shape index (κ1) is 18.7. The van der Waals surface area contributed by atoms with E-state index in [4.69, 9.17) is 30.8 Å². The second-order valence-electron chi connectivity index (χ2n) is 6.53. The van der Waals surface area contributed by atoms with Gasteiger partial charge in [-0.3, -0.25) is 4.90 Å². The molecule has 3 rings (SSSR count). The number of nitrogens with zero attached hydrogens (tertiary/aromatic N) is 3. The standard InChI is InChI=1S/C18H25N3O4S/c1-12-5-7-20(8-6-12)11-21-18(26)25-17(19-21)13-9-14(22-2)16(24-4)15(10-13)23-3/h9-10,12H,5-8,11H2,1-4H3. The molecule has 142 valence electrons. The highest BCUT2D eigenvalue weighted by atomic mass is 32.1. The number of hydrogen-bond acceptors (Lipinski definition) is 7.